The molecule has 3 aromatic carbocycles. The lowest BCUT2D eigenvalue weighted by Gasteiger charge is -2.25. The number of unbranched alkanes of at least 4 members (excludes halogenated alkanes) is 1. The van der Waals surface area contributed by atoms with E-state index in [9.17, 15) is 0 Å². The van der Waals surface area contributed by atoms with Crippen LogP contribution in [0.15, 0.2) is 133 Å². The summed E-state index contributed by atoms with van der Waals surface area (Å²) in [5.41, 5.74) is 13.9. The molecule has 0 atom stereocenters. The van der Waals surface area contributed by atoms with Gasteiger partial charge in [-0.2, -0.15) is 0 Å². The number of hydrogen-bond acceptors (Lipinski definition) is 2. The Morgan fingerprint density at radius 2 is 1.70 bits per heavy atom. The minimum atomic E-state index is -0.142. The molecule has 1 heterocycles. The zero-order chi connectivity index (χ0) is 33.0. The van der Waals surface area contributed by atoms with E-state index in [1.807, 2.05) is 12.2 Å². The lowest BCUT2D eigenvalue weighted by molar-refractivity contribution is 0.536. The maximum atomic E-state index is 6.63. The molecule has 2 nitrogen and oxygen atoms in total. The Bertz CT molecular complexity index is 1930. The van der Waals surface area contributed by atoms with Gasteiger partial charge in [0.05, 0.1) is 0 Å². The van der Waals surface area contributed by atoms with Crippen LogP contribution < -0.4 is 4.90 Å². The summed E-state index contributed by atoms with van der Waals surface area (Å²) in [7, 11) is 2.13. The minimum Gasteiger partial charge on any atom is -0.460 e. The van der Waals surface area contributed by atoms with Crippen molar-refractivity contribution in [3.05, 3.63) is 162 Å². The van der Waals surface area contributed by atoms with Crippen molar-refractivity contribution in [1.29, 1.82) is 0 Å². The van der Waals surface area contributed by atoms with Gasteiger partial charge >= 0.3 is 0 Å². The molecule has 0 amide bonds. The van der Waals surface area contributed by atoms with Crippen LogP contribution in [0.5, 0.6) is 0 Å². The summed E-state index contributed by atoms with van der Waals surface area (Å²) in [6.45, 7) is 23.1. The minimum absolute atomic E-state index is 0.142. The Balaban J connectivity index is 1.43. The van der Waals surface area contributed by atoms with Crippen LogP contribution in [0, 0.1) is 6.92 Å². The van der Waals surface area contributed by atoms with Crippen LogP contribution in [0.2, 0.25) is 0 Å². The molecule has 46 heavy (non-hydrogen) atoms. The standard InChI is InChI=1S/C44H47NO/c1-10-14-16-21-41-31(6)37-26-27-39-42(43(37)46-41)38-25-24-36(29-40(38)44(39,7)8)45(9)35(13-4)23-22-30(5)33-19-17-20-34(28-33)32(12-3)18-15-11-2/h10-13,15,17-20,22-29H,1-2,5,14,16,21H2,3-4,6-9H3/b18-15-,23-22-,32-12+,35-13+. The molecular weight excluding hydrogens is 558 g/mol. The zero-order valence-corrected chi connectivity index (χ0v) is 28.4. The van der Waals surface area contributed by atoms with Crippen molar-refractivity contribution in [2.24, 2.45) is 0 Å². The van der Waals surface area contributed by atoms with E-state index in [0.29, 0.717) is 0 Å². The number of anilines is 1. The van der Waals surface area contributed by atoms with Gasteiger partial charge in [-0.05, 0) is 102 Å². The van der Waals surface area contributed by atoms with Gasteiger partial charge in [0.15, 0.2) is 0 Å². The van der Waals surface area contributed by atoms with Crippen LogP contribution in [0.25, 0.3) is 33.2 Å². The fourth-order valence-corrected chi connectivity index (χ4v) is 6.65. The molecule has 1 aliphatic rings. The smallest absolute Gasteiger partial charge is 0.142 e. The lowest BCUT2D eigenvalue weighted by Crippen LogP contribution is -2.18. The van der Waals surface area contributed by atoms with Crippen molar-refractivity contribution in [1.82, 2.24) is 0 Å². The summed E-state index contributed by atoms with van der Waals surface area (Å²) in [5, 5.41) is 1.22. The summed E-state index contributed by atoms with van der Waals surface area (Å²) in [6, 6.07) is 20.0. The van der Waals surface area contributed by atoms with Gasteiger partial charge in [-0.3, -0.25) is 0 Å². The Morgan fingerprint density at radius 3 is 2.41 bits per heavy atom. The summed E-state index contributed by atoms with van der Waals surface area (Å²) in [5.74, 6) is 1.09. The Kier molecular flexibility index (Phi) is 9.68. The van der Waals surface area contributed by atoms with Crippen LogP contribution >= 0.6 is 0 Å². The predicted molar refractivity (Wildman–Crippen MR) is 201 cm³/mol. The monoisotopic (exact) mass is 605 g/mol. The van der Waals surface area contributed by atoms with Crippen LogP contribution in [-0.4, -0.2) is 7.05 Å². The highest BCUT2D eigenvalue weighted by Gasteiger charge is 2.38. The topological polar surface area (TPSA) is 16.4 Å². The first-order valence-corrected chi connectivity index (χ1v) is 16.3. The van der Waals surface area contributed by atoms with Crippen LogP contribution in [0.1, 0.15) is 74.1 Å². The number of aryl methyl sites for hydroxylation is 2. The number of benzene rings is 3. The molecule has 0 bridgehead atoms. The van der Waals surface area contributed by atoms with Crippen molar-refractivity contribution in [2.45, 2.75) is 59.3 Å². The fraction of sp³-hybridized carbons (Fsp3) is 0.227. The molecule has 0 saturated carbocycles. The molecule has 234 valence electrons. The molecule has 1 aliphatic carbocycles. The Morgan fingerprint density at radius 1 is 0.913 bits per heavy atom. The second-order valence-electron chi connectivity index (χ2n) is 12.6. The van der Waals surface area contributed by atoms with Gasteiger partial charge in [0.1, 0.15) is 11.3 Å². The third-order valence-corrected chi connectivity index (χ3v) is 9.45. The lowest BCUT2D eigenvalue weighted by atomic mass is 9.82. The maximum absolute atomic E-state index is 6.63. The molecule has 0 radical (unpaired) electrons. The van der Waals surface area contributed by atoms with Gasteiger partial charge in [0, 0.05) is 41.2 Å². The molecule has 5 rings (SSSR count). The molecule has 0 aliphatic heterocycles. The van der Waals surface area contributed by atoms with E-state index in [1.165, 1.54) is 33.2 Å². The Labute approximate surface area is 276 Å². The van der Waals surface area contributed by atoms with E-state index in [2.05, 4.69) is 151 Å². The van der Waals surface area contributed by atoms with Gasteiger partial charge < -0.3 is 9.32 Å². The summed E-state index contributed by atoms with van der Waals surface area (Å²) < 4.78 is 6.63. The third kappa shape index (κ3) is 6.05. The van der Waals surface area contributed by atoms with Crippen molar-refractivity contribution in [3.63, 3.8) is 0 Å². The quantitative estimate of drug-likeness (QED) is 0.0907. The predicted octanol–water partition coefficient (Wildman–Crippen LogP) is 12.3. The van der Waals surface area contributed by atoms with Crippen molar-refractivity contribution in [3.8, 4) is 11.1 Å². The molecule has 0 N–H and O–H groups in total. The van der Waals surface area contributed by atoms with E-state index in [4.69, 9.17) is 4.42 Å². The summed E-state index contributed by atoms with van der Waals surface area (Å²) >= 11 is 0. The van der Waals surface area contributed by atoms with Crippen LogP contribution in [0.4, 0.5) is 5.69 Å². The first-order valence-electron chi connectivity index (χ1n) is 16.3. The number of hydrogen-bond donors (Lipinski definition) is 0. The number of likely N-dealkylation sites (N-methyl/N-ethyl adjacent to an activating group) is 1. The van der Waals surface area contributed by atoms with Crippen LogP contribution in [-0.2, 0) is 11.8 Å². The van der Waals surface area contributed by atoms with Gasteiger partial charge in [-0.15, -0.1) is 6.58 Å². The summed E-state index contributed by atoms with van der Waals surface area (Å²) in [6.07, 6.45) is 19.3. The zero-order valence-electron chi connectivity index (χ0n) is 28.4. The van der Waals surface area contributed by atoms with E-state index in [0.717, 1.165) is 64.3 Å². The second kappa shape index (κ2) is 13.7. The van der Waals surface area contributed by atoms with Crippen LogP contribution in [0.3, 0.4) is 0 Å². The van der Waals surface area contributed by atoms with Crippen molar-refractivity contribution >= 4 is 27.8 Å². The highest BCUT2D eigenvalue weighted by molar-refractivity contribution is 6.01. The van der Waals surface area contributed by atoms with E-state index in [1.54, 1.807) is 6.08 Å². The van der Waals surface area contributed by atoms with E-state index >= 15 is 0 Å². The average molecular weight is 606 g/mol. The average Bonchev–Trinajstić information content (AvgIpc) is 3.51. The van der Waals surface area contributed by atoms with Gasteiger partial charge in [0.2, 0.25) is 0 Å². The van der Waals surface area contributed by atoms with Gasteiger partial charge in [-0.1, -0.05) is 106 Å². The first-order chi connectivity index (χ1) is 22.2. The molecule has 0 fully saturated rings. The normalized spacial score (nSPS) is 14.2. The molecule has 4 aromatic rings. The molecule has 2 heteroatoms. The largest absolute Gasteiger partial charge is 0.460 e. The van der Waals surface area contributed by atoms with E-state index in [-0.39, 0.29) is 5.41 Å². The van der Waals surface area contributed by atoms with Gasteiger partial charge in [-0.25, -0.2) is 0 Å². The van der Waals surface area contributed by atoms with Gasteiger partial charge in [0.25, 0.3) is 0 Å². The SMILES string of the molecule is C=C/C=C\C(=C/C)c1cccc(C(=C)/C=C\C(=C/C)N(C)c2ccc3c(c2)C(C)(C)c2ccc4c(C)c(CCCC=C)oc4c2-3)c1. The third-order valence-electron chi connectivity index (χ3n) is 9.45. The first kappa shape index (κ1) is 32.6. The molecular formula is C44H47NO. The van der Waals surface area contributed by atoms with Crippen molar-refractivity contribution < 1.29 is 4.42 Å². The molecule has 1 aromatic heterocycles. The number of nitrogens with zero attached hydrogens (tertiary/aromatic N) is 1. The summed E-state index contributed by atoms with van der Waals surface area (Å²) in [4.78, 5) is 2.25. The number of allylic oxidation sites excluding steroid dienone is 10. The number of rotatable bonds is 12. The number of fused-ring (bicyclic) bond motifs is 5. The molecule has 0 unspecified atom stereocenters. The maximum Gasteiger partial charge on any atom is 0.142 e. The fourth-order valence-electron chi connectivity index (χ4n) is 6.65. The number of furan rings is 1. The van der Waals surface area contributed by atoms with Crippen molar-refractivity contribution in [2.75, 3.05) is 11.9 Å². The molecule has 0 saturated heterocycles. The molecule has 0 spiro atoms. The van der Waals surface area contributed by atoms with E-state index < -0.39 is 0 Å². The second-order valence-corrected chi connectivity index (χ2v) is 12.6. The highest BCUT2D eigenvalue weighted by Crippen LogP contribution is 2.53. The highest BCUT2D eigenvalue weighted by atomic mass is 16.3. The Hall–Kier alpha value is -4.82.